The summed E-state index contributed by atoms with van der Waals surface area (Å²) in [4.78, 5) is 65.0. The highest BCUT2D eigenvalue weighted by molar-refractivity contribution is 7.08. The van der Waals surface area contributed by atoms with Crippen LogP contribution in [-0.2, 0) is 0 Å². The van der Waals surface area contributed by atoms with E-state index in [9.17, 15) is 14.4 Å². The number of nitrogens with zero attached hydrogens (tertiary/aromatic N) is 3. The summed E-state index contributed by atoms with van der Waals surface area (Å²) in [6, 6.07) is 27.8. The maximum atomic E-state index is 11.3. The predicted molar refractivity (Wildman–Crippen MR) is 247 cm³/mol. The molecule has 6 N–H and O–H groups in total. The van der Waals surface area contributed by atoms with Gasteiger partial charge in [0.25, 0.3) is 0 Å². The third-order valence-electron chi connectivity index (χ3n) is 9.93. The molecule has 0 fully saturated rings. The van der Waals surface area contributed by atoms with E-state index in [1.54, 1.807) is 12.3 Å². The average Bonchev–Trinajstić information content (AvgIpc) is 4.11. The Morgan fingerprint density at radius 1 is 0.467 bits per heavy atom. The van der Waals surface area contributed by atoms with Crippen molar-refractivity contribution in [3.63, 3.8) is 0 Å². The number of thiazole rings is 3. The molecule has 0 saturated heterocycles. The van der Waals surface area contributed by atoms with Gasteiger partial charge in [-0.3, -0.25) is 14.4 Å². The number of H-pyrrole nitrogens is 6. The molecule has 0 unspecified atom stereocenters. The molecule has 12 aromatic rings. The molecule has 0 amide bonds. The van der Waals surface area contributed by atoms with E-state index in [0.29, 0.717) is 10.2 Å². The second-order valence-electron chi connectivity index (χ2n) is 13.8. The second-order valence-corrected chi connectivity index (χ2v) is 17.1. The third-order valence-corrected chi connectivity index (χ3v) is 12.4. The molecule has 0 spiro atoms. The molecular formula is C43H27Cl2N9O3S3. The molecule has 12 rings (SSSR count). The van der Waals surface area contributed by atoms with Gasteiger partial charge in [-0.1, -0.05) is 75.4 Å². The van der Waals surface area contributed by atoms with Crippen LogP contribution in [0.25, 0.3) is 99.6 Å². The molecular weight excluding hydrogens is 858 g/mol. The van der Waals surface area contributed by atoms with Gasteiger partial charge in [-0.25, -0.2) is 15.0 Å². The Kier molecular flexibility index (Phi) is 9.53. The Bertz CT molecular complexity index is 3600. The van der Waals surface area contributed by atoms with Gasteiger partial charge in [0, 0.05) is 76.9 Å². The van der Waals surface area contributed by atoms with E-state index in [1.165, 1.54) is 11.3 Å². The van der Waals surface area contributed by atoms with Crippen molar-refractivity contribution in [2.75, 3.05) is 0 Å². The summed E-state index contributed by atoms with van der Waals surface area (Å²) in [6.45, 7) is 1.98. The van der Waals surface area contributed by atoms with Crippen molar-refractivity contribution in [3.05, 3.63) is 152 Å². The van der Waals surface area contributed by atoms with Crippen molar-refractivity contribution < 1.29 is 0 Å². The van der Waals surface area contributed by atoms with Crippen LogP contribution < -0.4 is 14.6 Å². The van der Waals surface area contributed by atoms with Gasteiger partial charge in [-0.05, 0) is 90.3 Å². The highest BCUT2D eigenvalue weighted by Gasteiger charge is 2.11. The molecule has 0 radical (unpaired) electrons. The summed E-state index contributed by atoms with van der Waals surface area (Å²) in [7, 11) is 0. The van der Waals surface area contributed by atoms with E-state index in [-0.39, 0.29) is 14.6 Å². The van der Waals surface area contributed by atoms with Gasteiger partial charge in [0.15, 0.2) is 0 Å². The number of fused-ring (bicyclic) bond motifs is 9. The van der Waals surface area contributed by atoms with E-state index in [0.717, 1.165) is 128 Å². The summed E-state index contributed by atoms with van der Waals surface area (Å²) in [6.07, 6.45) is 1.62. The maximum absolute atomic E-state index is 11.3. The third kappa shape index (κ3) is 7.22. The molecule has 294 valence electrons. The van der Waals surface area contributed by atoms with E-state index in [2.05, 4.69) is 57.0 Å². The van der Waals surface area contributed by atoms with E-state index >= 15 is 0 Å². The van der Waals surface area contributed by atoms with Gasteiger partial charge in [0.1, 0.15) is 22.1 Å². The number of hydrogen-bond acceptors (Lipinski definition) is 9. The first-order valence-electron chi connectivity index (χ1n) is 18.2. The lowest BCUT2D eigenvalue weighted by Gasteiger charge is -1.98. The van der Waals surface area contributed by atoms with E-state index < -0.39 is 0 Å². The lowest BCUT2D eigenvalue weighted by atomic mass is 10.1. The fourth-order valence-corrected chi connectivity index (χ4v) is 9.21. The zero-order chi connectivity index (χ0) is 41.1. The smallest absolute Gasteiger partial charge is 0.304 e. The second kappa shape index (κ2) is 15.2. The van der Waals surface area contributed by atoms with Crippen molar-refractivity contribution in [1.29, 1.82) is 0 Å². The zero-order valence-corrected chi connectivity index (χ0v) is 34.9. The molecule has 0 saturated carbocycles. The largest absolute Gasteiger partial charge is 0.339 e. The SMILES string of the molecule is Cc1ccc2c(n1)[nH]c1ccc(-c3csc(=O)[nH]3)cc12.O=c1[nH]c(-c2ccc3[nH]c4nc(Cl)ccc4c3c2)cs1.O=c1[nH]c(-c2ccc3[nH]c4ncc(Cl)cc4c3c2)cs1. The van der Waals surface area contributed by atoms with Gasteiger partial charge in [-0.15, -0.1) is 0 Å². The number of pyridine rings is 3. The number of halogens is 2. The van der Waals surface area contributed by atoms with Gasteiger partial charge < -0.3 is 29.9 Å². The molecule has 9 heterocycles. The number of aromatic nitrogens is 9. The fraction of sp³-hybridized carbons (Fsp3) is 0.0233. The minimum Gasteiger partial charge on any atom is -0.339 e. The van der Waals surface area contributed by atoms with Crippen LogP contribution in [-0.4, -0.2) is 44.9 Å². The number of hydrogen-bond donors (Lipinski definition) is 6. The first-order valence-corrected chi connectivity index (χ1v) is 21.6. The number of rotatable bonds is 3. The summed E-state index contributed by atoms with van der Waals surface area (Å²) in [5, 5.41) is 12.9. The molecule has 0 aliphatic heterocycles. The molecule has 9 aromatic heterocycles. The van der Waals surface area contributed by atoms with E-state index in [1.807, 2.05) is 89.8 Å². The topological polar surface area (TPSA) is 185 Å². The quantitative estimate of drug-likeness (QED) is 0.0959. The van der Waals surface area contributed by atoms with Crippen molar-refractivity contribution in [3.8, 4) is 33.8 Å². The van der Waals surface area contributed by atoms with Gasteiger partial charge in [0.2, 0.25) is 0 Å². The van der Waals surface area contributed by atoms with Crippen LogP contribution in [0.2, 0.25) is 10.2 Å². The number of aromatic amines is 6. The molecule has 12 nitrogen and oxygen atoms in total. The van der Waals surface area contributed by atoms with Crippen molar-refractivity contribution in [2.45, 2.75) is 6.92 Å². The number of benzene rings is 3. The van der Waals surface area contributed by atoms with Gasteiger partial charge >= 0.3 is 14.6 Å². The highest BCUT2D eigenvalue weighted by Crippen LogP contribution is 2.32. The molecule has 0 atom stereocenters. The molecule has 17 heteroatoms. The van der Waals surface area contributed by atoms with Crippen LogP contribution in [0.15, 0.2) is 122 Å². The Morgan fingerprint density at radius 3 is 1.40 bits per heavy atom. The van der Waals surface area contributed by atoms with Gasteiger partial charge in [-0.2, -0.15) is 0 Å². The van der Waals surface area contributed by atoms with Crippen molar-refractivity contribution in [1.82, 2.24) is 44.9 Å². The monoisotopic (exact) mass is 883 g/mol. The molecule has 0 aliphatic rings. The standard InChI is InChI=1S/C15H11N3OS.2C14H8ClN3OS/c1-8-2-4-10-11-6-9(13-7-20-15(19)18-13)3-5-12(11)17-14(10)16-8;15-12-4-2-8-9-5-7(11-6-20-14(19)17-11)1-3-10(9)16-13(8)18-12;15-8-4-10-9-3-7(12-6-20-14(19)18-12)1-2-11(9)17-13(10)16-5-8/h2-7H,1H3,(H,16,17)(H,18,19);1-6H,(H,16,18)(H,17,19);1-6H,(H,16,17)(H,18,19). The molecule has 3 aromatic carbocycles. The van der Waals surface area contributed by atoms with Gasteiger partial charge in [0.05, 0.1) is 22.1 Å². The first kappa shape index (κ1) is 37.6. The normalized spacial score (nSPS) is 11.4. The average molecular weight is 885 g/mol. The van der Waals surface area contributed by atoms with Crippen molar-refractivity contribution in [2.24, 2.45) is 0 Å². The lowest BCUT2D eigenvalue weighted by molar-refractivity contribution is 1.23. The minimum absolute atomic E-state index is 0.0312. The Balaban J connectivity index is 0.000000108. The summed E-state index contributed by atoms with van der Waals surface area (Å²) >= 11 is 15.4. The zero-order valence-electron chi connectivity index (χ0n) is 30.9. The Morgan fingerprint density at radius 2 is 0.917 bits per heavy atom. The minimum atomic E-state index is -0.0521. The summed E-state index contributed by atoms with van der Waals surface area (Å²) < 4.78 is 0. The fourth-order valence-electron chi connectivity index (χ4n) is 7.14. The summed E-state index contributed by atoms with van der Waals surface area (Å²) in [5.41, 5.74) is 12.0. The van der Waals surface area contributed by atoms with Crippen LogP contribution in [0.1, 0.15) is 5.69 Å². The highest BCUT2D eigenvalue weighted by atomic mass is 35.5. The van der Waals surface area contributed by atoms with Crippen LogP contribution >= 0.6 is 57.2 Å². The van der Waals surface area contributed by atoms with Crippen molar-refractivity contribution >= 4 is 123 Å². The molecule has 0 aliphatic carbocycles. The first-order chi connectivity index (χ1) is 29.1. The Labute approximate surface area is 358 Å². The predicted octanol–water partition coefficient (Wildman–Crippen LogP) is 11.0. The maximum Gasteiger partial charge on any atom is 0.304 e. The lowest BCUT2D eigenvalue weighted by Crippen LogP contribution is -1.92. The Hall–Kier alpha value is -6.62. The molecule has 60 heavy (non-hydrogen) atoms. The van der Waals surface area contributed by atoms with E-state index in [4.69, 9.17) is 23.2 Å². The number of aryl methyl sites for hydroxylation is 1. The summed E-state index contributed by atoms with van der Waals surface area (Å²) in [5.74, 6) is 0. The molecule has 0 bridgehead atoms. The van der Waals surface area contributed by atoms with Crippen LogP contribution in [0.3, 0.4) is 0 Å². The number of nitrogens with one attached hydrogen (secondary N) is 6. The van der Waals surface area contributed by atoms with Crippen LogP contribution in [0.5, 0.6) is 0 Å². The van der Waals surface area contributed by atoms with Crippen LogP contribution in [0.4, 0.5) is 0 Å². The van der Waals surface area contributed by atoms with Crippen LogP contribution in [0, 0.1) is 6.92 Å².